The molecule has 2 aliphatic rings. The summed E-state index contributed by atoms with van der Waals surface area (Å²) < 4.78 is 0. The minimum absolute atomic E-state index is 0.152. The van der Waals surface area contributed by atoms with E-state index in [4.69, 9.17) is 5.73 Å². The fraction of sp³-hybridized carbons (Fsp3) is 0.400. The highest BCUT2D eigenvalue weighted by Gasteiger charge is 2.53. The first-order valence-corrected chi connectivity index (χ1v) is 6.74. The minimum atomic E-state index is -0.523. The Morgan fingerprint density at radius 3 is 2.60 bits per heavy atom. The monoisotopic (exact) mass is 269 g/mol. The number of rotatable bonds is 1. The van der Waals surface area contributed by atoms with Gasteiger partial charge in [-0.3, -0.25) is 9.59 Å². The molecule has 2 fully saturated rings. The van der Waals surface area contributed by atoms with Gasteiger partial charge in [0.15, 0.2) is 0 Å². The molecule has 0 radical (unpaired) electrons. The number of carbonyl (C=O) groups is 2. The van der Waals surface area contributed by atoms with Gasteiger partial charge in [0, 0.05) is 12.1 Å². The molecule has 0 atom stereocenters. The van der Waals surface area contributed by atoms with E-state index in [1.165, 1.54) is 11.0 Å². The molecule has 20 heavy (non-hydrogen) atoms. The number of nitrogens with zero attached hydrogens (tertiary/aromatic N) is 2. The summed E-state index contributed by atoms with van der Waals surface area (Å²) in [6.07, 6.45) is 3.77. The van der Waals surface area contributed by atoms with Gasteiger partial charge in [-0.25, -0.2) is 4.90 Å². The maximum Gasteiger partial charge on any atom is 0.240 e. The first kappa shape index (κ1) is 12.7. The van der Waals surface area contributed by atoms with Gasteiger partial charge >= 0.3 is 0 Å². The average molecular weight is 269 g/mol. The van der Waals surface area contributed by atoms with E-state index >= 15 is 0 Å². The topological polar surface area (TPSA) is 87.2 Å². The smallest absolute Gasteiger partial charge is 0.240 e. The first-order valence-electron chi connectivity index (χ1n) is 6.74. The fourth-order valence-electron chi connectivity index (χ4n) is 3.32. The van der Waals surface area contributed by atoms with E-state index in [1.807, 2.05) is 6.07 Å². The van der Waals surface area contributed by atoms with Gasteiger partial charge in [-0.05, 0) is 31.0 Å². The van der Waals surface area contributed by atoms with Crippen molar-refractivity contribution in [3.8, 4) is 6.07 Å². The summed E-state index contributed by atoms with van der Waals surface area (Å²) in [5.41, 5.74) is 6.20. The molecule has 0 unspecified atom stereocenters. The Balaban J connectivity index is 2.05. The van der Waals surface area contributed by atoms with Crippen LogP contribution in [0.15, 0.2) is 18.2 Å². The van der Waals surface area contributed by atoms with Crippen molar-refractivity contribution >= 4 is 23.2 Å². The summed E-state index contributed by atoms with van der Waals surface area (Å²) in [5, 5.41) is 9.18. The van der Waals surface area contributed by atoms with Crippen LogP contribution in [-0.4, -0.2) is 11.8 Å². The van der Waals surface area contributed by atoms with Crippen LogP contribution in [0.1, 0.15) is 37.7 Å². The molecule has 0 bridgehead atoms. The summed E-state index contributed by atoms with van der Waals surface area (Å²) in [7, 11) is 0. The molecule has 1 aromatic rings. The van der Waals surface area contributed by atoms with Gasteiger partial charge in [0.25, 0.3) is 0 Å². The maximum atomic E-state index is 12.7. The van der Waals surface area contributed by atoms with Crippen LogP contribution in [0.2, 0.25) is 0 Å². The summed E-state index contributed by atoms with van der Waals surface area (Å²) >= 11 is 0. The Bertz CT molecular complexity index is 639. The molecule has 1 heterocycles. The third-order valence-electron chi connectivity index (χ3n) is 4.34. The Morgan fingerprint density at radius 2 is 1.95 bits per heavy atom. The van der Waals surface area contributed by atoms with Gasteiger partial charge in [0.1, 0.15) is 6.07 Å². The lowest BCUT2D eigenvalue weighted by atomic mass is 9.84. The van der Waals surface area contributed by atoms with Gasteiger partial charge in [0.05, 0.1) is 16.7 Å². The van der Waals surface area contributed by atoms with Crippen LogP contribution >= 0.6 is 0 Å². The fourth-order valence-corrected chi connectivity index (χ4v) is 3.32. The van der Waals surface area contributed by atoms with Crippen LogP contribution in [-0.2, 0) is 9.59 Å². The molecule has 102 valence electrons. The van der Waals surface area contributed by atoms with E-state index < -0.39 is 5.41 Å². The standard InChI is InChI=1S/C15H15N3O2/c16-9-10-7-11(17)3-4-12(10)18-13(19)8-15(14(18)20)5-1-2-6-15/h3-4,7H,1-2,5-6,8,17H2. The van der Waals surface area contributed by atoms with E-state index in [0.717, 1.165) is 25.7 Å². The van der Waals surface area contributed by atoms with E-state index in [9.17, 15) is 14.9 Å². The molecule has 1 saturated carbocycles. The van der Waals surface area contributed by atoms with Crippen molar-refractivity contribution in [2.24, 2.45) is 5.41 Å². The van der Waals surface area contributed by atoms with E-state index in [2.05, 4.69) is 0 Å². The van der Waals surface area contributed by atoms with E-state index in [1.54, 1.807) is 12.1 Å². The highest BCUT2D eigenvalue weighted by molar-refractivity contribution is 6.23. The van der Waals surface area contributed by atoms with Crippen molar-refractivity contribution < 1.29 is 9.59 Å². The van der Waals surface area contributed by atoms with Crippen molar-refractivity contribution in [2.75, 3.05) is 10.6 Å². The van der Waals surface area contributed by atoms with Crippen molar-refractivity contribution in [1.29, 1.82) is 5.26 Å². The molecule has 3 rings (SSSR count). The zero-order valence-electron chi connectivity index (χ0n) is 11.1. The minimum Gasteiger partial charge on any atom is -0.399 e. The molecule has 1 spiro atoms. The number of nitrogen functional groups attached to an aromatic ring is 1. The van der Waals surface area contributed by atoms with Crippen molar-refractivity contribution in [1.82, 2.24) is 0 Å². The normalized spacial score (nSPS) is 20.6. The van der Waals surface area contributed by atoms with Crippen molar-refractivity contribution in [3.05, 3.63) is 23.8 Å². The molecule has 0 aromatic heterocycles. The molecule has 5 nitrogen and oxygen atoms in total. The Labute approximate surface area is 117 Å². The summed E-state index contributed by atoms with van der Waals surface area (Å²) in [5.74, 6) is -0.362. The van der Waals surface area contributed by atoms with Gasteiger partial charge < -0.3 is 5.73 Å². The highest BCUT2D eigenvalue weighted by atomic mass is 16.2. The Kier molecular flexibility index (Phi) is 2.75. The quantitative estimate of drug-likeness (QED) is 0.623. The highest BCUT2D eigenvalue weighted by Crippen LogP contribution is 2.48. The molecule has 1 aliphatic carbocycles. The number of hydrogen-bond donors (Lipinski definition) is 1. The number of carbonyl (C=O) groups excluding carboxylic acids is 2. The SMILES string of the molecule is N#Cc1cc(N)ccc1N1C(=O)CC2(CCCC2)C1=O. The Hall–Kier alpha value is -2.35. The summed E-state index contributed by atoms with van der Waals surface area (Å²) in [6.45, 7) is 0. The molecule has 1 saturated heterocycles. The van der Waals surface area contributed by atoms with Crippen LogP contribution in [0, 0.1) is 16.7 Å². The van der Waals surface area contributed by atoms with Crippen LogP contribution in [0.3, 0.4) is 0 Å². The number of hydrogen-bond acceptors (Lipinski definition) is 4. The van der Waals surface area contributed by atoms with Gasteiger partial charge in [0.2, 0.25) is 11.8 Å². The largest absolute Gasteiger partial charge is 0.399 e. The second-order valence-electron chi connectivity index (χ2n) is 5.59. The molecular weight excluding hydrogens is 254 g/mol. The average Bonchev–Trinajstić information content (AvgIpc) is 2.98. The number of nitriles is 1. The Morgan fingerprint density at radius 1 is 1.25 bits per heavy atom. The molecule has 5 heteroatoms. The third kappa shape index (κ3) is 1.68. The van der Waals surface area contributed by atoms with E-state index in [0.29, 0.717) is 11.4 Å². The zero-order valence-corrected chi connectivity index (χ0v) is 11.1. The lowest BCUT2D eigenvalue weighted by molar-refractivity contribution is -0.125. The number of imide groups is 1. The van der Waals surface area contributed by atoms with Crippen LogP contribution in [0.4, 0.5) is 11.4 Å². The maximum absolute atomic E-state index is 12.7. The number of nitrogens with two attached hydrogens (primary N) is 1. The van der Waals surface area contributed by atoms with E-state index in [-0.39, 0.29) is 23.8 Å². The molecule has 2 amide bonds. The summed E-state index contributed by atoms with van der Waals surface area (Å²) in [4.78, 5) is 26.1. The van der Waals surface area contributed by atoms with Gasteiger partial charge in [-0.15, -0.1) is 0 Å². The van der Waals surface area contributed by atoms with Gasteiger partial charge in [-0.2, -0.15) is 5.26 Å². The molecular formula is C15H15N3O2. The number of amides is 2. The molecule has 1 aliphatic heterocycles. The summed E-state index contributed by atoms with van der Waals surface area (Å²) in [6, 6.07) is 6.69. The lowest BCUT2D eigenvalue weighted by Crippen LogP contribution is -2.34. The number of benzene rings is 1. The van der Waals surface area contributed by atoms with Crippen LogP contribution in [0.5, 0.6) is 0 Å². The first-order chi connectivity index (χ1) is 9.57. The lowest BCUT2D eigenvalue weighted by Gasteiger charge is -2.21. The predicted molar refractivity (Wildman–Crippen MR) is 73.6 cm³/mol. The predicted octanol–water partition coefficient (Wildman–Crippen LogP) is 1.96. The van der Waals surface area contributed by atoms with Crippen molar-refractivity contribution in [3.63, 3.8) is 0 Å². The third-order valence-corrected chi connectivity index (χ3v) is 4.34. The second-order valence-corrected chi connectivity index (χ2v) is 5.59. The van der Waals surface area contributed by atoms with Crippen molar-refractivity contribution in [2.45, 2.75) is 32.1 Å². The van der Waals surface area contributed by atoms with Gasteiger partial charge in [-0.1, -0.05) is 12.8 Å². The molecule has 2 N–H and O–H groups in total. The molecule has 1 aromatic carbocycles. The zero-order chi connectivity index (χ0) is 14.3. The van der Waals surface area contributed by atoms with Crippen LogP contribution in [0.25, 0.3) is 0 Å². The second kappa shape index (κ2) is 4.34. The number of anilines is 2. The van der Waals surface area contributed by atoms with Crippen LogP contribution < -0.4 is 10.6 Å².